The molecule has 0 bridgehead atoms. The van der Waals surface area contributed by atoms with Crippen LogP contribution in [0.25, 0.3) is 0 Å². The first-order valence-electron chi connectivity index (χ1n) is 6.27. The maximum Gasteiger partial charge on any atom is 0.223 e. The van der Waals surface area contributed by atoms with Gasteiger partial charge < -0.3 is 19.5 Å². The molecule has 1 saturated heterocycles. The zero-order valence-corrected chi connectivity index (χ0v) is 11.3. The third-order valence-electron chi connectivity index (χ3n) is 3.41. The first kappa shape index (κ1) is 13.7. The van der Waals surface area contributed by atoms with E-state index >= 15 is 0 Å². The number of hydrogen-bond donors (Lipinski definition) is 1. The average Bonchev–Trinajstić information content (AvgIpc) is 2.80. The monoisotopic (exact) mass is 265 g/mol. The summed E-state index contributed by atoms with van der Waals surface area (Å²) in [6.07, 6.45) is 0.426. The summed E-state index contributed by atoms with van der Waals surface area (Å²) < 4.78 is 10.5. The Bertz CT molecular complexity index is 461. The SMILES string of the molecule is COc1ccc(CN2CC(CO)CC2=O)c(OC)c1. The lowest BCUT2D eigenvalue weighted by Gasteiger charge is -2.18. The van der Waals surface area contributed by atoms with Crippen molar-refractivity contribution in [2.24, 2.45) is 5.92 Å². The molecule has 0 aromatic heterocycles. The van der Waals surface area contributed by atoms with Gasteiger partial charge in [-0.15, -0.1) is 0 Å². The number of hydrogen-bond acceptors (Lipinski definition) is 4. The summed E-state index contributed by atoms with van der Waals surface area (Å²) in [4.78, 5) is 13.6. The lowest BCUT2D eigenvalue weighted by Crippen LogP contribution is -2.25. The summed E-state index contributed by atoms with van der Waals surface area (Å²) in [5, 5.41) is 9.12. The van der Waals surface area contributed by atoms with Gasteiger partial charge in [-0.05, 0) is 12.1 Å². The molecule has 0 saturated carbocycles. The zero-order valence-electron chi connectivity index (χ0n) is 11.3. The second-order valence-corrected chi connectivity index (χ2v) is 4.70. The van der Waals surface area contributed by atoms with E-state index in [1.807, 2.05) is 12.1 Å². The number of benzene rings is 1. The van der Waals surface area contributed by atoms with Crippen molar-refractivity contribution in [1.29, 1.82) is 0 Å². The molecule has 5 heteroatoms. The topological polar surface area (TPSA) is 59.0 Å². The largest absolute Gasteiger partial charge is 0.497 e. The molecule has 1 N–H and O–H groups in total. The molecule has 0 spiro atoms. The molecule has 0 radical (unpaired) electrons. The number of ether oxygens (including phenoxy) is 2. The maximum absolute atomic E-state index is 11.8. The summed E-state index contributed by atoms with van der Waals surface area (Å²) in [6, 6.07) is 5.55. The van der Waals surface area contributed by atoms with Crippen LogP contribution in [-0.4, -0.2) is 43.3 Å². The average molecular weight is 265 g/mol. The quantitative estimate of drug-likeness (QED) is 0.864. The number of carbonyl (C=O) groups excluding carboxylic acids is 1. The number of likely N-dealkylation sites (tertiary alicyclic amines) is 1. The van der Waals surface area contributed by atoms with Gasteiger partial charge in [-0.1, -0.05) is 0 Å². The number of carbonyl (C=O) groups is 1. The maximum atomic E-state index is 11.8. The van der Waals surface area contributed by atoms with Crippen LogP contribution in [0.3, 0.4) is 0 Å². The lowest BCUT2D eigenvalue weighted by molar-refractivity contribution is -0.128. The van der Waals surface area contributed by atoms with Crippen LogP contribution in [-0.2, 0) is 11.3 Å². The van der Waals surface area contributed by atoms with Crippen LogP contribution >= 0.6 is 0 Å². The van der Waals surface area contributed by atoms with Crippen LogP contribution in [0, 0.1) is 5.92 Å². The van der Waals surface area contributed by atoms with E-state index in [-0.39, 0.29) is 18.4 Å². The number of aliphatic hydroxyl groups excluding tert-OH is 1. The van der Waals surface area contributed by atoms with Crippen LogP contribution in [0.4, 0.5) is 0 Å². The van der Waals surface area contributed by atoms with Gasteiger partial charge in [0.2, 0.25) is 5.91 Å². The first-order chi connectivity index (χ1) is 9.17. The number of rotatable bonds is 5. The minimum atomic E-state index is 0.0525. The Morgan fingerprint density at radius 2 is 2.16 bits per heavy atom. The molecule has 1 aromatic rings. The van der Waals surface area contributed by atoms with Gasteiger partial charge in [-0.3, -0.25) is 4.79 Å². The highest BCUT2D eigenvalue weighted by Gasteiger charge is 2.29. The summed E-state index contributed by atoms with van der Waals surface area (Å²) in [5.74, 6) is 1.56. The minimum absolute atomic E-state index is 0.0525. The molecule has 1 aliphatic rings. The molecule has 1 aromatic carbocycles. The molecule has 1 fully saturated rings. The van der Waals surface area contributed by atoms with Gasteiger partial charge in [0.1, 0.15) is 11.5 Å². The van der Waals surface area contributed by atoms with Crippen molar-refractivity contribution in [2.75, 3.05) is 27.4 Å². The molecule has 1 amide bonds. The van der Waals surface area contributed by atoms with E-state index in [1.165, 1.54) is 0 Å². The van der Waals surface area contributed by atoms with E-state index in [2.05, 4.69) is 0 Å². The van der Waals surface area contributed by atoms with Crippen molar-refractivity contribution in [3.8, 4) is 11.5 Å². The summed E-state index contributed by atoms with van der Waals surface area (Å²) >= 11 is 0. The van der Waals surface area contributed by atoms with Gasteiger partial charge in [0, 0.05) is 43.7 Å². The fourth-order valence-corrected chi connectivity index (χ4v) is 2.32. The highest BCUT2D eigenvalue weighted by atomic mass is 16.5. The second-order valence-electron chi connectivity index (χ2n) is 4.70. The molecule has 1 heterocycles. The highest BCUT2D eigenvalue weighted by Crippen LogP contribution is 2.28. The summed E-state index contributed by atoms with van der Waals surface area (Å²) in [6.45, 7) is 1.16. The van der Waals surface area contributed by atoms with Gasteiger partial charge in [0.05, 0.1) is 14.2 Å². The zero-order chi connectivity index (χ0) is 13.8. The van der Waals surface area contributed by atoms with E-state index in [1.54, 1.807) is 25.2 Å². The molecule has 0 aliphatic carbocycles. The molecule has 1 aliphatic heterocycles. The Morgan fingerprint density at radius 1 is 1.37 bits per heavy atom. The fraction of sp³-hybridized carbons (Fsp3) is 0.500. The van der Waals surface area contributed by atoms with Crippen LogP contribution in [0.15, 0.2) is 18.2 Å². The van der Waals surface area contributed by atoms with E-state index < -0.39 is 0 Å². The molecule has 5 nitrogen and oxygen atoms in total. The van der Waals surface area contributed by atoms with Crippen molar-refractivity contribution >= 4 is 5.91 Å². The molecular formula is C14H19NO4. The second kappa shape index (κ2) is 5.93. The van der Waals surface area contributed by atoms with Gasteiger partial charge >= 0.3 is 0 Å². The van der Waals surface area contributed by atoms with E-state index in [0.29, 0.717) is 25.3 Å². The molecule has 2 rings (SSSR count). The molecule has 1 atom stereocenters. The Hall–Kier alpha value is -1.75. The molecule has 19 heavy (non-hydrogen) atoms. The Balaban J connectivity index is 2.13. The van der Waals surface area contributed by atoms with Crippen molar-refractivity contribution < 1.29 is 19.4 Å². The predicted octanol–water partition coefficient (Wildman–Crippen LogP) is 1.04. The van der Waals surface area contributed by atoms with Crippen molar-refractivity contribution in [3.05, 3.63) is 23.8 Å². The minimum Gasteiger partial charge on any atom is -0.497 e. The number of methoxy groups -OCH3 is 2. The lowest BCUT2D eigenvalue weighted by atomic mass is 10.1. The van der Waals surface area contributed by atoms with Crippen molar-refractivity contribution in [2.45, 2.75) is 13.0 Å². The molecule has 1 unspecified atom stereocenters. The Morgan fingerprint density at radius 3 is 2.74 bits per heavy atom. The third kappa shape index (κ3) is 2.98. The summed E-state index contributed by atoms with van der Waals surface area (Å²) in [5.41, 5.74) is 0.940. The number of amides is 1. The third-order valence-corrected chi connectivity index (χ3v) is 3.41. The first-order valence-corrected chi connectivity index (χ1v) is 6.27. The number of aliphatic hydroxyl groups is 1. The Labute approximate surface area is 112 Å². The normalized spacial score (nSPS) is 18.8. The summed E-state index contributed by atoms with van der Waals surface area (Å²) in [7, 11) is 3.20. The highest BCUT2D eigenvalue weighted by molar-refractivity contribution is 5.78. The van der Waals surface area contributed by atoms with E-state index in [9.17, 15) is 4.79 Å². The van der Waals surface area contributed by atoms with Crippen LogP contribution in [0.2, 0.25) is 0 Å². The fourth-order valence-electron chi connectivity index (χ4n) is 2.32. The standard InChI is InChI=1S/C14H19NO4/c1-18-12-4-3-11(13(6-12)19-2)8-15-7-10(9-16)5-14(15)17/h3-4,6,10,16H,5,7-9H2,1-2H3. The smallest absolute Gasteiger partial charge is 0.223 e. The van der Waals surface area contributed by atoms with Crippen molar-refractivity contribution in [1.82, 2.24) is 4.90 Å². The van der Waals surface area contributed by atoms with Gasteiger partial charge in [0.15, 0.2) is 0 Å². The van der Waals surface area contributed by atoms with Crippen LogP contribution in [0.5, 0.6) is 11.5 Å². The molecule has 104 valence electrons. The molecular weight excluding hydrogens is 246 g/mol. The van der Waals surface area contributed by atoms with Gasteiger partial charge in [-0.25, -0.2) is 0 Å². The van der Waals surface area contributed by atoms with Gasteiger partial charge in [-0.2, -0.15) is 0 Å². The predicted molar refractivity (Wildman–Crippen MR) is 70.2 cm³/mol. The van der Waals surface area contributed by atoms with Crippen LogP contribution < -0.4 is 9.47 Å². The number of nitrogens with zero attached hydrogens (tertiary/aromatic N) is 1. The Kier molecular flexibility index (Phi) is 4.27. The van der Waals surface area contributed by atoms with E-state index in [0.717, 1.165) is 11.3 Å². The van der Waals surface area contributed by atoms with Crippen molar-refractivity contribution in [3.63, 3.8) is 0 Å². The van der Waals surface area contributed by atoms with Gasteiger partial charge in [0.25, 0.3) is 0 Å². The van der Waals surface area contributed by atoms with E-state index in [4.69, 9.17) is 14.6 Å². The van der Waals surface area contributed by atoms with Crippen LogP contribution in [0.1, 0.15) is 12.0 Å².